The fourth-order valence-corrected chi connectivity index (χ4v) is 1.55. The van der Waals surface area contributed by atoms with Crippen LogP contribution in [0.25, 0.3) is 0 Å². The molecule has 4 nitrogen and oxygen atoms in total. The molecular weight excluding hydrogens is 180 g/mol. The molecule has 0 aromatic rings. The van der Waals surface area contributed by atoms with E-state index in [0.717, 1.165) is 19.5 Å². The van der Waals surface area contributed by atoms with E-state index in [9.17, 15) is 9.90 Å². The minimum absolute atomic E-state index is 0.0346. The van der Waals surface area contributed by atoms with Crippen LogP contribution in [0.4, 0.5) is 4.79 Å². The molecule has 2 unspecified atom stereocenters. The molecule has 2 atom stereocenters. The first-order valence-electron chi connectivity index (χ1n) is 5.24. The SMILES string of the molecule is CCC(C)C(O)CN1CCN(C)C1=O. The summed E-state index contributed by atoms with van der Waals surface area (Å²) in [4.78, 5) is 14.9. The molecule has 1 heterocycles. The first kappa shape index (κ1) is 11.3. The average molecular weight is 200 g/mol. The minimum atomic E-state index is -0.393. The van der Waals surface area contributed by atoms with E-state index in [0.29, 0.717) is 6.54 Å². The standard InChI is InChI=1S/C10H20N2O2/c1-4-8(2)9(13)7-12-6-5-11(3)10(12)14/h8-9,13H,4-7H2,1-3H3. The van der Waals surface area contributed by atoms with Crippen molar-refractivity contribution in [2.45, 2.75) is 26.4 Å². The van der Waals surface area contributed by atoms with Gasteiger partial charge in [0.1, 0.15) is 0 Å². The number of amides is 2. The molecule has 0 aromatic carbocycles. The summed E-state index contributed by atoms with van der Waals surface area (Å²) in [5, 5.41) is 9.77. The Morgan fingerprint density at radius 1 is 1.50 bits per heavy atom. The summed E-state index contributed by atoms with van der Waals surface area (Å²) in [7, 11) is 1.79. The molecule has 1 saturated heterocycles. The molecule has 0 bridgehead atoms. The molecule has 0 saturated carbocycles. The van der Waals surface area contributed by atoms with Gasteiger partial charge >= 0.3 is 6.03 Å². The molecule has 1 rings (SSSR count). The molecule has 0 aromatic heterocycles. The van der Waals surface area contributed by atoms with Crippen molar-refractivity contribution in [1.29, 1.82) is 0 Å². The minimum Gasteiger partial charge on any atom is -0.391 e. The van der Waals surface area contributed by atoms with Crippen LogP contribution in [0.2, 0.25) is 0 Å². The van der Waals surface area contributed by atoms with Gasteiger partial charge in [-0.05, 0) is 5.92 Å². The fraction of sp³-hybridized carbons (Fsp3) is 0.900. The third-order valence-corrected chi connectivity index (χ3v) is 3.01. The van der Waals surface area contributed by atoms with E-state index in [1.165, 1.54) is 0 Å². The van der Waals surface area contributed by atoms with Crippen LogP contribution in [0.1, 0.15) is 20.3 Å². The van der Waals surface area contributed by atoms with Crippen molar-refractivity contribution in [3.05, 3.63) is 0 Å². The largest absolute Gasteiger partial charge is 0.391 e. The van der Waals surface area contributed by atoms with E-state index in [-0.39, 0.29) is 11.9 Å². The van der Waals surface area contributed by atoms with Gasteiger partial charge in [-0.25, -0.2) is 4.79 Å². The molecule has 2 amide bonds. The number of carbonyl (C=O) groups excluding carboxylic acids is 1. The van der Waals surface area contributed by atoms with Crippen LogP contribution in [0.5, 0.6) is 0 Å². The van der Waals surface area contributed by atoms with Crippen LogP contribution < -0.4 is 0 Å². The predicted molar refractivity (Wildman–Crippen MR) is 55.1 cm³/mol. The Bertz CT molecular complexity index is 208. The summed E-state index contributed by atoms with van der Waals surface area (Å²) in [6, 6.07) is 0.0346. The summed E-state index contributed by atoms with van der Waals surface area (Å²) in [5.41, 5.74) is 0. The summed E-state index contributed by atoms with van der Waals surface area (Å²) in [6.45, 7) is 6.04. The Balaban J connectivity index is 2.41. The lowest BCUT2D eigenvalue weighted by atomic mass is 10.0. The van der Waals surface area contributed by atoms with Crippen molar-refractivity contribution in [1.82, 2.24) is 9.80 Å². The van der Waals surface area contributed by atoms with Crippen molar-refractivity contribution in [3.63, 3.8) is 0 Å². The average Bonchev–Trinajstić information content (AvgIpc) is 2.48. The van der Waals surface area contributed by atoms with Crippen LogP contribution >= 0.6 is 0 Å². The topological polar surface area (TPSA) is 43.8 Å². The summed E-state index contributed by atoms with van der Waals surface area (Å²) in [6.07, 6.45) is 0.550. The van der Waals surface area contributed by atoms with Crippen molar-refractivity contribution in [2.24, 2.45) is 5.92 Å². The van der Waals surface area contributed by atoms with Gasteiger partial charge in [-0.3, -0.25) is 0 Å². The molecule has 0 spiro atoms. The Kier molecular flexibility index (Phi) is 3.75. The normalized spacial score (nSPS) is 21.6. The Labute approximate surface area is 85.5 Å². The molecule has 1 N–H and O–H groups in total. The van der Waals surface area contributed by atoms with Crippen molar-refractivity contribution >= 4 is 6.03 Å². The Morgan fingerprint density at radius 2 is 2.14 bits per heavy atom. The van der Waals surface area contributed by atoms with E-state index in [4.69, 9.17) is 0 Å². The zero-order valence-corrected chi connectivity index (χ0v) is 9.23. The lowest BCUT2D eigenvalue weighted by Gasteiger charge is -2.23. The second-order valence-electron chi connectivity index (χ2n) is 4.10. The van der Waals surface area contributed by atoms with Gasteiger partial charge in [0.25, 0.3) is 0 Å². The number of hydrogen-bond donors (Lipinski definition) is 1. The van der Waals surface area contributed by atoms with Crippen LogP contribution in [-0.2, 0) is 0 Å². The van der Waals surface area contributed by atoms with Gasteiger partial charge in [0, 0.05) is 26.7 Å². The summed E-state index contributed by atoms with van der Waals surface area (Å²) in [5.74, 6) is 0.258. The second-order valence-corrected chi connectivity index (χ2v) is 4.10. The molecule has 82 valence electrons. The molecule has 0 radical (unpaired) electrons. The molecule has 4 heteroatoms. The first-order chi connectivity index (χ1) is 6.56. The van der Waals surface area contributed by atoms with Gasteiger partial charge < -0.3 is 14.9 Å². The van der Waals surface area contributed by atoms with E-state index < -0.39 is 6.10 Å². The molecule has 1 aliphatic heterocycles. The van der Waals surface area contributed by atoms with Crippen LogP contribution in [0.3, 0.4) is 0 Å². The number of aliphatic hydroxyl groups is 1. The highest BCUT2D eigenvalue weighted by Crippen LogP contribution is 2.12. The number of rotatable bonds is 4. The van der Waals surface area contributed by atoms with Gasteiger partial charge in [0.05, 0.1) is 6.10 Å². The van der Waals surface area contributed by atoms with Crippen molar-refractivity contribution in [3.8, 4) is 0 Å². The number of carbonyl (C=O) groups is 1. The number of hydrogen-bond acceptors (Lipinski definition) is 2. The van der Waals surface area contributed by atoms with Gasteiger partial charge in [-0.15, -0.1) is 0 Å². The quantitative estimate of drug-likeness (QED) is 0.728. The van der Waals surface area contributed by atoms with Gasteiger partial charge in [-0.1, -0.05) is 20.3 Å². The molecular formula is C10H20N2O2. The maximum absolute atomic E-state index is 11.5. The highest BCUT2D eigenvalue weighted by Gasteiger charge is 2.27. The Morgan fingerprint density at radius 3 is 2.57 bits per heavy atom. The number of urea groups is 1. The number of nitrogens with zero attached hydrogens (tertiary/aromatic N) is 2. The number of β-amino-alcohol motifs (C(OH)–C–C–N with tert-alkyl or cyclic N) is 1. The highest BCUT2D eigenvalue weighted by atomic mass is 16.3. The first-order valence-corrected chi connectivity index (χ1v) is 5.24. The van der Waals surface area contributed by atoms with Crippen molar-refractivity contribution in [2.75, 3.05) is 26.7 Å². The zero-order chi connectivity index (χ0) is 10.7. The maximum atomic E-state index is 11.5. The number of aliphatic hydroxyl groups excluding tert-OH is 1. The highest BCUT2D eigenvalue weighted by molar-refractivity contribution is 5.76. The summed E-state index contributed by atoms with van der Waals surface area (Å²) >= 11 is 0. The lowest BCUT2D eigenvalue weighted by Crippen LogP contribution is -2.38. The lowest BCUT2D eigenvalue weighted by molar-refractivity contribution is 0.0835. The smallest absolute Gasteiger partial charge is 0.319 e. The fourth-order valence-electron chi connectivity index (χ4n) is 1.55. The third kappa shape index (κ3) is 2.38. The molecule has 0 aliphatic carbocycles. The van der Waals surface area contributed by atoms with E-state index in [2.05, 4.69) is 0 Å². The van der Waals surface area contributed by atoms with Gasteiger partial charge in [0.2, 0.25) is 0 Å². The molecule has 14 heavy (non-hydrogen) atoms. The summed E-state index contributed by atoms with van der Waals surface area (Å²) < 4.78 is 0. The monoisotopic (exact) mass is 200 g/mol. The van der Waals surface area contributed by atoms with E-state index in [1.54, 1.807) is 16.8 Å². The van der Waals surface area contributed by atoms with E-state index in [1.807, 2.05) is 13.8 Å². The maximum Gasteiger partial charge on any atom is 0.319 e. The van der Waals surface area contributed by atoms with Gasteiger partial charge in [0.15, 0.2) is 0 Å². The second kappa shape index (κ2) is 4.64. The van der Waals surface area contributed by atoms with Crippen LogP contribution in [0.15, 0.2) is 0 Å². The number of likely N-dealkylation sites (N-methyl/N-ethyl adjacent to an activating group) is 1. The zero-order valence-electron chi connectivity index (χ0n) is 9.23. The van der Waals surface area contributed by atoms with Gasteiger partial charge in [-0.2, -0.15) is 0 Å². The van der Waals surface area contributed by atoms with E-state index >= 15 is 0 Å². The molecule has 1 aliphatic rings. The van der Waals surface area contributed by atoms with Crippen LogP contribution in [0, 0.1) is 5.92 Å². The predicted octanol–water partition coefficient (Wildman–Crippen LogP) is 0.761. The molecule has 1 fully saturated rings. The van der Waals surface area contributed by atoms with Crippen LogP contribution in [-0.4, -0.2) is 53.7 Å². The third-order valence-electron chi connectivity index (χ3n) is 3.01. The Hall–Kier alpha value is -0.770. The van der Waals surface area contributed by atoms with Crippen molar-refractivity contribution < 1.29 is 9.90 Å².